The summed E-state index contributed by atoms with van der Waals surface area (Å²) in [5.74, 6) is -7.46. The van der Waals surface area contributed by atoms with Gasteiger partial charge in [-0.25, -0.2) is 14.6 Å². The van der Waals surface area contributed by atoms with Crippen LogP contribution in [0.3, 0.4) is 0 Å². The summed E-state index contributed by atoms with van der Waals surface area (Å²) in [4.78, 5) is 73.9. The summed E-state index contributed by atoms with van der Waals surface area (Å²) in [5, 5.41) is 38.6. The average Bonchev–Trinajstić information content (AvgIpc) is 3.88. The molecule has 59 heavy (non-hydrogen) atoms. The molecule has 4 heterocycles. The largest absolute Gasteiger partial charge is 0.507 e. The standard InChI is InChI=1S/C45H35ClN4O8S/c1-20-29-16-21(46)8-15-35(29)59-39(20)32-19-36(48(3)47-32)50-41(54)31-18-30-26(38(45(31,2)44(50)58)25-13-14-33(51)24-7-5-4-6-23(24)25)11-12-28-37(30)42(55)49(40(28)53)22-9-10-27(43(56)57)34(52)17-22/h4-11,13-17,19,28,30-31,37-38,51-52H,12,18H2,1-3H3,(H,56,57)/t28-,30+,31-,37-,38-,45+/m0/s1. The topological polar surface area (TPSA) is 170 Å². The third kappa shape index (κ3) is 5.07. The summed E-state index contributed by atoms with van der Waals surface area (Å²) in [6.45, 7) is 3.80. The van der Waals surface area contributed by atoms with Gasteiger partial charge in [-0.2, -0.15) is 5.10 Å². The fourth-order valence-corrected chi connectivity index (χ4v) is 11.8. The van der Waals surface area contributed by atoms with Crippen molar-refractivity contribution in [3.63, 3.8) is 0 Å². The van der Waals surface area contributed by atoms with Gasteiger partial charge in [0, 0.05) is 40.2 Å². The molecule has 0 radical (unpaired) electrons. The maximum absolute atomic E-state index is 15.3. The predicted octanol–water partition coefficient (Wildman–Crippen LogP) is 7.96. The van der Waals surface area contributed by atoms with Crippen LogP contribution in [0.1, 0.15) is 47.2 Å². The number of aromatic carboxylic acids is 1. The van der Waals surface area contributed by atoms with Gasteiger partial charge in [-0.3, -0.25) is 23.9 Å². The van der Waals surface area contributed by atoms with Crippen LogP contribution in [0.15, 0.2) is 90.5 Å². The molecule has 6 atom stereocenters. The number of thiophene rings is 1. The molecular formula is C45H35ClN4O8S. The summed E-state index contributed by atoms with van der Waals surface area (Å²) >= 11 is 7.87. The number of phenolic OH excluding ortho intramolecular Hbond substituents is 1. The number of allylic oxidation sites excluding steroid dienone is 2. The van der Waals surface area contributed by atoms with E-state index in [9.17, 15) is 29.7 Å². The van der Waals surface area contributed by atoms with Crippen LogP contribution < -0.4 is 9.80 Å². The van der Waals surface area contributed by atoms with Gasteiger partial charge in [0.15, 0.2) is 0 Å². The van der Waals surface area contributed by atoms with Crippen molar-refractivity contribution in [3.05, 3.63) is 112 Å². The van der Waals surface area contributed by atoms with E-state index < -0.39 is 70.4 Å². The molecule has 3 N–H and O–H groups in total. The number of anilines is 2. The summed E-state index contributed by atoms with van der Waals surface area (Å²) < 4.78 is 2.56. The summed E-state index contributed by atoms with van der Waals surface area (Å²) in [6, 6.07) is 21.7. The minimum Gasteiger partial charge on any atom is -0.507 e. The Kier molecular flexibility index (Phi) is 8.05. The number of aromatic nitrogens is 2. The van der Waals surface area contributed by atoms with Gasteiger partial charge in [-0.05, 0) is 90.9 Å². The fourth-order valence-electron chi connectivity index (χ4n) is 10.4. The molecule has 10 rings (SSSR count). The number of carboxylic acids is 1. The Morgan fingerprint density at radius 1 is 0.864 bits per heavy atom. The number of hydrogen-bond acceptors (Lipinski definition) is 9. The number of carbonyl (C=O) groups is 5. The smallest absolute Gasteiger partial charge is 0.339 e. The third-order valence-corrected chi connectivity index (χ3v) is 14.7. The Labute approximate surface area is 345 Å². The molecule has 2 aromatic heterocycles. The number of aromatic hydroxyl groups is 2. The second-order valence-corrected chi connectivity index (χ2v) is 17.6. The number of hydrogen-bond donors (Lipinski definition) is 3. The van der Waals surface area contributed by atoms with Crippen LogP contribution in [0, 0.1) is 36.0 Å². The molecule has 0 unspecified atom stereocenters. The maximum Gasteiger partial charge on any atom is 0.339 e. The summed E-state index contributed by atoms with van der Waals surface area (Å²) in [5.41, 5.74) is 1.35. The van der Waals surface area contributed by atoms with Crippen LogP contribution in [0.2, 0.25) is 5.02 Å². The molecule has 2 aliphatic heterocycles. The highest BCUT2D eigenvalue weighted by atomic mass is 35.5. The predicted molar refractivity (Wildman–Crippen MR) is 222 cm³/mol. The van der Waals surface area contributed by atoms with Crippen molar-refractivity contribution < 1.29 is 39.3 Å². The minimum absolute atomic E-state index is 0.0439. The van der Waals surface area contributed by atoms with E-state index >= 15 is 9.59 Å². The number of nitrogens with zero attached hydrogens (tertiary/aromatic N) is 4. The zero-order valence-corrected chi connectivity index (χ0v) is 33.4. The highest BCUT2D eigenvalue weighted by Crippen LogP contribution is 2.64. The van der Waals surface area contributed by atoms with E-state index in [0.717, 1.165) is 43.1 Å². The van der Waals surface area contributed by atoms with E-state index in [2.05, 4.69) is 0 Å². The van der Waals surface area contributed by atoms with Crippen molar-refractivity contribution >= 4 is 84.9 Å². The highest BCUT2D eigenvalue weighted by molar-refractivity contribution is 7.22. The van der Waals surface area contributed by atoms with E-state index in [1.807, 2.05) is 56.3 Å². The van der Waals surface area contributed by atoms with E-state index in [4.69, 9.17) is 16.7 Å². The van der Waals surface area contributed by atoms with Crippen LogP contribution in [-0.4, -0.2) is 54.7 Å². The van der Waals surface area contributed by atoms with Crippen LogP contribution in [-0.2, 0) is 26.2 Å². The van der Waals surface area contributed by atoms with Crippen LogP contribution in [0.4, 0.5) is 11.5 Å². The first-order chi connectivity index (χ1) is 28.2. The van der Waals surface area contributed by atoms with Crippen molar-refractivity contribution in [1.29, 1.82) is 0 Å². The summed E-state index contributed by atoms with van der Waals surface area (Å²) in [6.07, 6.45) is 2.23. The molecule has 12 nitrogen and oxygen atoms in total. The van der Waals surface area contributed by atoms with Crippen molar-refractivity contribution in [2.24, 2.45) is 36.1 Å². The molecule has 4 aromatic carbocycles. The number of imide groups is 2. The van der Waals surface area contributed by atoms with Gasteiger partial charge in [0.25, 0.3) is 0 Å². The average molecular weight is 827 g/mol. The molecule has 14 heteroatoms. The molecule has 1 saturated carbocycles. The molecule has 296 valence electrons. The lowest BCUT2D eigenvalue weighted by atomic mass is 9.51. The van der Waals surface area contributed by atoms with Gasteiger partial charge >= 0.3 is 5.97 Å². The molecule has 6 aromatic rings. The molecule has 0 spiro atoms. The lowest BCUT2D eigenvalue weighted by molar-refractivity contribution is -0.131. The highest BCUT2D eigenvalue weighted by Gasteiger charge is 2.68. The van der Waals surface area contributed by atoms with Crippen LogP contribution in [0.5, 0.6) is 11.5 Å². The van der Waals surface area contributed by atoms with Crippen molar-refractivity contribution in [1.82, 2.24) is 9.78 Å². The Bertz CT molecular complexity index is 2950. The SMILES string of the molecule is Cc1c(-c2cc(N3C(=O)[C@@H]4C[C@@H]5C(=CC[C@@H]6C(=O)N(c7ccc(C(=O)O)c(O)c7)C(=O)[C@@H]65)[C@H](c5ccc(O)c6ccccc56)[C@]4(C)C3=O)n(C)n2)sc2ccc(Cl)cc12. The van der Waals surface area contributed by atoms with Crippen LogP contribution >= 0.6 is 22.9 Å². The van der Waals surface area contributed by atoms with Gasteiger partial charge in [-0.1, -0.05) is 53.6 Å². The second kappa shape index (κ2) is 12.8. The molecule has 4 amide bonds. The quantitative estimate of drug-likeness (QED) is 0.115. The Morgan fingerprint density at radius 2 is 1.63 bits per heavy atom. The van der Waals surface area contributed by atoms with E-state index in [-0.39, 0.29) is 29.8 Å². The second-order valence-electron chi connectivity index (χ2n) is 16.1. The van der Waals surface area contributed by atoms with Gasteiger partial charge in [0.05, 0.1) is 33.7 Å². The lowest BCUT2D eigenvalue weighted by Crippen LogP contribution is -2.49. The van der Waals surface area contributed by atoms with E-state index in [1.54, 1.807) is 42.6 Å². The number of halogens is 1. The first-order valence-corrected chi connectivity index (χ1v) is 20.4. The summed E-state index contributed by atoms with van der Waals surface area (Å²) in [7, 11) is 1.69. The zero-order valence-electron chi connectivity index (χ0n) is 31.8. The Hall–Kier alpha value is -6.31. The number of carboxylic acid groups (broad SMARTS) is 1. The Balaban J connectivity index is 1.11. The normalized spacial score (nSPS) is 25.2. The molecule has 2 saturated heterocycles. The van der Waals surface area contributed by atoms with Crippen LogP contribution in [0.25, 0.3) is 31.4 Å². The van der Waals surface area contributed by atoms with Crippen molar-refractivity contribution in [2.45, 2.75) is 32.6 Å². The number of phenols is 2. The van der Waals surface area contributed by atoms with Crippen molar-refractivity contribution in [2.75, 3.05) is 9.80 Å². The third-order valence-electron chi connectivity index (χ3n) is 13.2. The van der Waals surface area contributed by atoms with Gasteiger partial charge in [0.2, 0.25) is 23.6 Å². The fraction of sp³-hybridized carbons (Fsp3) is 0.244. The maximum atomic E-state index is 15.3. The van der Waals surface area contributed by atoms with Gasteiger partial charge in [-0.15, -0.1) is 11.3 Å². The lowest BCUT2D eigenvalue weighted by Gasteiger charge is -2.49. The number of aryl methyl sites for hydroxylation is 2. The number of fused-ring (bicyclic) bond motifs is 6. The minimum atomic E-state index is -1.36. The molecule has 2 aliphatic carbocycles. The Morgan fingerprint density at radius 3 is 2.37 bits per heavy atom. The molecular weight excluding hydrogens is 792 g/mol. The monoisotopic (exact) mass is 826 g/mol. The van der Waals surface area contributed by atoms with E-state index in [1.165, 1.54) is 15.6 Å². The zero-order chi connectivity index (χ0) is 41.4. The molecule has 4 aliphatic rings. The molecule has 3 fully saturated rings. The van der Waals surface area contributed by atoms with Gasteiger partial charge in [0.1, 0.15) is 28.6 Å². The first-order valence-electron chi connectivity index (χ1n) is 19.2. The first kappa shape index (κ1) is 37.0. The van der Waals surface area contributed by atoms with Crippen molar-refractivity contribution in [3.8, 4) is 22.1 Å². The number of carbonyl (C=O) groups excluding carboxylic acids is 4. The van der Waals surface area contributed by atoms with E-state index in [0.29, 0.717) is 32.9 Å². The number of rotatable bonds is 5. The number of benzene rings is 4. The number of amides is 4. The molecule has 0 bridgehead atoms. The van der Waals surface area contributed by atoms with Gasteiger partial charge < -0.3 is 15.3 Å².